The zero-order valence-electron chi connectivity index (χ0n) is 21.0. The summed E-state index contributed by atoms with van der Waals surface area (Å²) in [7, 11) is -2.52. The van der Waals surface area contributed by atoms with Crippen molar-refractivity contribution in [2.45, 2.75) is 5.66 Å². The molecule has 0 N–H and O–H groups in total. The second kappa shape index (κ2) is 10.6. The van der Waals surface area contributed by atoms with Gasteiger partial charge in [-0.15, -0.1) is 0 Å². The highest BCUT2D eigenvalue weighted by atomic mass is 31.2. The monoisotopic (exact) mass is 507 g/mol. The Hall–Kier alpha value is -4.32. The second-order valence-corrected chi connectivity index (χ2v) is 13.0. The predicted octanol–water partition coefficient (Wildman–Crippen LogP) is 7.76. The summed E-state index contributed by atoms with van der Waals surface area (Å²) in [4.78, 5) is 15.0. The summed E-state index contributed by atoms with van der Waals surface area (Å²) in [6.07, 6.45) is 0. The molecule has 6 aromatic carbocycles. The maximum Gasteiger partial charge on any atom is 0.208 e. The number of hydrogen-bond donors (Lipinski definition) is 0. The molecule has 2 heteroatoms. The number of carbonyl (C=O) groups is 1. The molecule has 0 spiro atoms. The maximum atomic E-state index is 15.0. The Balaban J connectivity index is 1.70. The molecule has 0 radical (unpaired) electrons. The van der Waals surface area contributed by atoms with E-state index in [9.17, 15) is 4.79 Å². The first-order valence-electron chi connectivity index (χ1n) is 12.9. The smallest absolute Gasteiger partial charge is 0.208 e. The van der Waals surface area contributed by atoms with Crippen molar-refractivity contribution in [3.8, 4) is 0 Å². The molecule has 0 aliphatic heterocycles. The molecule has 0 saturated heterocycles. The molecule has 0 amide bonds. The van der Waals surface area contributed by atoms with Gasteiger partial charge in [-0.2, -0.15) is 0 Å². The molecule has 1 atom stereocenters. The van der Waals surface area contributed by atoms with Gasteiger partial charge in [0.2, 0.25) is 5.78 Å². The Morgan fingerprint density at radius 1 is 0.447 bits per heavy atom. The van der Waals surface area contributed by atoms with Crippen molar-refractivity contribution in [3.63, 3.8) is 0 Å². The molecule has 0 aliphatic rings. The zero-order valence-corrected chi connectivity index (χ0v) is 21.9. The van der Waals surface area contributed by atoms with Crippen molar-refractivity contribution < 1.29 is 4.79 Å². The van der Waals surface area contributed by atoms with Crippen LogP contribution in [0, 0.1) is 0 Å². The van der Waals surface area contributed by atoms with Crippen molar-refractivity contribution in [2.75, 3.05) is 0 Å². The van der Waals surface area contributed by atoms with Gasteiger partial charge in [0, 0.05) is 11.1 Å². The zero-order chi connectivity index (χ0) is 25.8. The molecule has 1 unspecified atom stereocenters. The van der Waals surface area contributed by atoms with Gasteiger partial charge < -0.3 is 0 Å². The van der Waals surface area contributed by atoms with E-state index >= 15 is 0 Å². The number of fused-ring (bicyclic) bond motifs is 1. The molecular weight excluding hydrogens is 479 g/mol. The lowest BCUT2D eigenvalue weighted by Crippen LogP contribution is -2.38. The number of carbonyl (C=O) groups excluding carboxylic acids is 1. The fourth-order valence-corrected chi connectivity index (χ4v) is 10.4. The molecule has 0 fully saturated rings. The van der Waals surface area contributed by atoms with Crippen LogP contribution in [0.4, 0.5) is 0 Å². The van der Waals surface area contributed by atoms with Crippen LogP contribution in [0.2, 0.25) is 0 Å². The normalized spacial score (nSPS) is 12.2. The third kappa shape index (κ3) is 4.26. The Labute approximate surface area is 224 Å². The number of rotatable bonds is 7. The molecule has 38 heavy (non-hydrogen) atoms. The van der Waals surface area contributed by atoms with Gasteiger partial charge in [0.1, 0.15) is 23.2 Å². The van der Waals surface area contributed by atoms with Gasteiger partial charge in [-0.05, 0) is 53.2 Å². The van der Waals surface area contributed by atoms with Crippen LogP contribution in [0.3, 0.4) is 0 Å². The van der Waals surface area contributed by atoms with Crippen LogP contribution >= 0.6 is 7.26 Å². The van der Waals surface area contributed by atoms with Crippen LogP contribution in [0.1, 0.15) is 21.6 Å². The minimum Gasteiger partial charge on any atom is -0.289 e. The number of ketones is 1. The average molecular weight is 508 g/mol. The van der Waals surface area contributed by atoms with Crippen LogP contribution < -0.4 is 15.9 Å². The Morgan fingerprint density at radius 3 is 1.37 bits per heavy atom. The van der Waals surface area contributed by atoms with E-state index in [1.54, 1.807) is 0 Å². The number of benzene rings is 6. The lowest BCUT2D eigenvalue weighted by molar-refractivity contribution is 0.0988. The van der Waals surface area contributed by atoms with Crippen LogP contribution in [0.15, 0.2) is 164 Å². The standard InChI is InChI=1S/C36H28OP/c37-35(31-26-25-28-15-13-14-18-30(28)27-31)36(29-16-5-1-6-17-29)38(32-19-7-2-8-20-32,33-21-9-3-10-22-33)34-23-11-4-12-24-34/h1-27,36H/q+1. The SMILES string of the molecule is O=C(c1ccc2ccccc2c1)C(c1ccccc1)[P+](c1ccccc1)(c1ccccc1)c1ccccc1. The van der Waals surface area contributed by atoms with Crippen molar-refractivity contribution in [1.29, 1.82) is 0 Å². The second-order valence-electron chi connectivity index (χ2n) is 9.47. The fourth-order valence-electron chi connectivity index (χ4n) is 5.57. The van der Waals surface area contributed by atoms with E-state index in [4.69, 9.17) is 0 Å². The molecule has 1 nitrogen and oxygen atoms in total. The van der Waals surface area contributed by atoms with E-state index in [0.29, 0.717) is 0 Å². The molecule has 0 heterocycles. The molecule has 6 aromatic rings. The molecular formula is C36H28OP+. The summed E-state index contributed by atoms with van der Waals surface area (Å²) in [5.74, 6) is 0.145. The largest absolute Gasteiger partial charge is 0.289 e. The molecule has 0 aliphatic carbocycles. The van der Waals surface area contributed by atoms with E-state index in [2.05, 4.69) is 127 Å². The van der Waals surface area contributed by atoms with E-state index in [-0.39, 0.29) is 5.78 Å². The summed E-state index contributed by atoms with van der Waals surface area (Å²) in [5.41, 5.74) is 1.39. The molecule has 0 saturated carbocycles. The van der Waals surface area contributed by atoms with Crippen molar-refractivity contribution >= 4 is 39.7 Å². The first-order chi connectivity index (χ1) is 18.8. The summed E-state index contributed by atoms with van der Waals surface area (Å²) in [5, 5.41) is 5.80. The molecule has 182 valence electrons. The van der Waals surface area contributed by atoms with Crippen LogP contribution in [-0.4, -0.2) is 5.78 Å². The summed E-state index contributed by atoms with van der Waals surface area (Å²) < 4.78 is 0. The van der Waals surface area contributed by atoms with E-state index < -0.39 is 12.9 Å². The Bertz CT molecular complexity index is 1570. The van der Waals surface area contributed by atoms with Crippen LogP contribution in [-0.2, 0) is 0 Å². The lowest BCUT2D eigenvalue weighted by Gasteiger charge is -2.34. The van der Waals surface area contributed by atoms with Gasteiger partial charge in [-0.25, -0.2) is 0 Å². The number of Topliss-reactive ketones (excluding diaryl/α,β-unsaturated/α-hetero) is 1. The van der Waals surface area contributed by atoms with Crippen molar-refractivity contribution in [2.24, 2.45) is 0 Å². The van der Waals surface area contributed by atoms with Crippen molar-refractivity contribution in [3.05, 3.63) is 175 Å². The van der Waals surface area contributed by atoms with E-state index in [0.717, 1.165) is 21.9 Å². The van der Waals surface area contributed by atoms with Crippen LogP contribution in [0.5, 0.6) is 0 Å². The van der Waals surface area contributed by atoms with Gasteiger partial charge in [0.05, 0.1) is 0 Å². The summed E-state index contributed by atoms with van der Waals surface area (Å²) in [6.45, 7) is 0. The highest BCUT2D eigenvalue weighted by Gasteiger charge is 2.56. The highest BCUT2D eigenvalue weighted by molar-refractivity contribution is 7.96. The van der Waals surface area contributed by atoms with E-state index in [1.165, 1.54) is 15.9 Å². The quantitative estimate of drug-likeness (QED) is 0.159. The third-order valence-corrected chi connectivity index (χ3v) is 11.9. The summed E-state index contributed by atoms with van der Waals surface area (Å²) >= 11 is 0. The molecule has 0 bridgehead atoms. The number of hydrogen-bond acceptors (Lipinski definition) is 1. The lowest BCUT2D eigenvalue weighted by atomic mass is 9.99. The van der Waals surface area contributed by atoms with Gasteiger partial charge in [-0.1, -0.05) is 121 Å². The van der Waals surface area contributed by atoms with Crippen molar-refractivity contribution in [1.82, 2.24) is 0 Å². The minimum absolute atomic E-state index is 0.145. The first-order valence-corrected chi connectivity index (χ1v) is 14.8. The first kappa shape index (κ1) is 24.0. The Kier molecular flexibility index (Phi) is 6.69. The van der Waals surface area contributed by atoms with Crippen LogP contribution in [0.25, 0.3) is 10.8 Å². The van der Waals surface area contributed by atoms with E-state index in [1.807, 2.05) is 36.4 Å². The topological polar surface area (TPSA) is 17.1 Å². The maximum absolute atomic E-state index is 15.0. The third-order valence-electron chi connectivity index (χ3n) is 7.28. The minimum atomic E-state index is -2.52. The molecule has 6 rings (SSSR count). The fraction of sp³-hybridized carbons (Fsp3) is 0.0278. The highest BCUT2D eigenvalue weighted by Crippen LogP contribution is 2.67. The van der Waals surface area contributed by atoms with Gasteiger partial charge in [0.15, 0.2) is 5.66 Å². The van der Waals surface area contributed by atoms with Gasteiger partial charge in [-0.3, -0.25) is 4.79 Å². The average Bonchev–Trinajstić information content (AvgIpc) is 3.01. The van der Waals surface area contributed by atoms with Gasteiger partial charge in [0.25, 0.3) is 0 Å². The summed E-state index contributed by atoms with van der Waals surface area (Å²) in [6, 6.07) is 56.7. The Morgan fingerprint density at radius 2 is 0.868 bits per heavy atom. The molecule has 0 aromatic heterocycles. The van der Waals surface area contributed by atoms with Gasteiger partial charge >= 0.3 is 0 Å². The predicted molar refractivity (Wildman–Crippen MR) is 163 cm³/mol.